The molecule has 3 nitrogen and oxygen atoms in total. The fourth-order valence-corrected chi connectivity index (χ4v) is 2.85. The molecule has 0 bridgehead atoms. The summed E-state index contributed by atoms with van der Waals surface area (Å²) in [5, 5.41) is 22.5. The van der Waals surface area contributed by atoms with Crippen LogP contribution in [-0.4, -0.2) is 16.8 Å². The Morgan fingerprint density at radius 3 is 2.55 bits per heavy atom. The predicted octanol–water partition coefficient (Wildman–Crippen LogP) is 3.09. The van der Waals surface area contributed by atoms with Crippen molar-refractivity contribution < 1.29 is 10.2 Å². The first-order valence-corrected chi connectivity index (χ1v) is 6.97. The third-order valence-corrected chi connectivity index (χ3v) is 4.06. The first-order chi connectivity index (χ1) is 9.63. The van der Waals surface area contributed by atoms with E-state index in [1.165, 1.54) is 17.2 Å². The molecule has 2 atom stereocenters. The van der Waals surface area contributed by atoms with Gasteiger partial charge in [-0.05, 0) is 42.2 Å². The molecule has 0 saturated carbocycles. The van der Waals surface area contributed by atoms with E-state index in [4.69, 9.17) is 0 Å². The van der Waals surface area contributed by atoms with Crippen molar-refractivity contribution in [2.45, 2.75) is 25.3 Å². The van der Waals surface area contributed by atoms with Gasteiger partial charge in [0.25, 0.3) is 0 Å². The van der Waals surface area contributed by atoms with Crippen LogP contribution >= 0.6 is 0 Å². The van der Waals surface area contributed by atoms with Gasteiger partial charge in [-0.2, -0.15) is 0 Å². The van der Waals surface area contributed by atoms with Gasteiger partial charge in [-0.25, -0.2) is 0 Å². The van der Waals surface area contributed by atoms with Crippen LogP contribution in [0.4, 0.5) is 0 Å². The van der Waals surface area contributed by atoms with Crippen molar-refractivity contribution in [3.8, 4) is 11.5 Å². The number of phenolic OH excluding ortho intramolecular Hbond substituents is 2. The molecule has 3 rings (SSSR count). The SMILES string of the molecule is CC(NCC1Cc2ccccc21)c1cc(O)cc(O)c1. The van der Waals surface area contributed by atoms with E-state index in [1.54, 1.807) is 12.1 Å². The van der Waals surface area contributed by atoms with E-state index >= 15 is 0 Å². The van der Waals surface area contributed by atoms with E-state index in [2.05, 4.69) is 29.6 Å². The minimum atomic E-state index is 0.0979. The van der Waals surface area contributed by atoms with Crippen molar-refractivity contribution in [3.63, 3.8) is 0 Å². The number of rotatable bonds is 4. The highest BCUT2D eigenvalue weighted by atomic mass is 16.3. The highest BCUT2D eigenvalue weighted by Gasteiger charge is 2.25. The average Bonchev–Trinajstić information content (AvgIpc) is 2.38. The molecule has 0 aliphatic heterocycles. The summed E-state index contributed by atoms with van der Waals surface area (Å²) >= 11 is 0. The van der Waals surface area contributed by atoms with Crippen molar-refractivity contribution in [1.82, 2.24) is 5.32 Å². The molecular formula is C17H19NO2. The zero-order chi connectivity index (χ0) is 14.1. The second kappa shape index (κ2) is 5.17. The van der Waals surface area contributed by atoms with Gasteiger partial charge in [-0.15, -0.1) is 0 Å². The van der Waals surface area contributed by atoms with Crippen LogP contribution in [0.1, 0.15) is 35.6 Å². The van der Waals surface area contributed by atoms with Crippen molar-refractivity contribution in [3.05, 3.63) is 59.2 Å². The number of hydrogen-bond acceptors (Lipinski definition) is 3. The summed E-state index contributed by atoms with van der Waals surface area (Å²) in [4.78, 5) is 0. The molecule has 1 aliphatic rings. The highest BCUT2D eigenvalue weighted by molar-refractivity contribution is 5.40. The summed E-state index contributed by atoms with van der Waals surface area (Å²) in [6.07, 6.45) is 1.13. The van der Waals surface area contributed by atoms with Gasteiger partial charge in [0.05, 0.1) is 0 Å². The van der Waals surface area contributed by atoms with Crippen molar-refractivity contribution in [2.75, 3.05) is 6.54 Å². The van der Waals surface area contributed by atoms with Crippen LogP contribution in [0.5, 0.6) is 11.5 Å². The number of benzene rings is 2. The Balaban J connectivity index is 1.62. The standard InChI is InChI=1S/C17H19NO2/c1-11(13-7-15(19)9-16(20)8-13)18-10-14-6-12-4-2-3-5-17(12)14/h2-5,7-9,11,14,18-20H,6,10H2,1H3. The fourth-order valence-electron chi connectivity index (χ4n) is 2.85. The summed E-state index contributed by atoms with van der Waals surface area (Å²) < 4.78 is 0. The molecule has 0 radical (unpaired) electrons. The van der Waals surface area contributed by atoms with Gasteiger partial charge < -0.3 is 15.5 Å². The quantitative estimate of drug-likeness (QED) is 0.799. The molecular weight excluding hydrogens is 250 g/mol. The molecule has 0 aromatic heterocycles. The number of aromatic hydroxyl groups is 2. The largest absolute Gasteiger partial charge is 0.508 e. The smallest absolute Gasteiger partial charge is 0.119 e. The maximum Gasteiger partial charge on any atom is 0.119 e. The van der Waals surface area contributed by atoms with Crippen LogP contribution in [0, 0.1) is 0 Å². The Hall–Kier alpha value is -2.00. The van der Waals surface area contributed by atoms with E-state index in [9.17, 15) is 10.2 Å². The van der Waals surface area contributed by atoms with Gasteiger partial charge in [0, 0.05) is 24.6 Å². The number of fused-ring (bicyclic) bond motifs is 1. The van der Waals surface area contributed by atoms with Crippen molar-refractivity contribution in [2.24, 2.45) is 0 Å². The van der Waals surface area contributed by atoms with Gasteiger partial charge in [-0.1, -0.05) is 24.3 Å². The van der Waals surface area contributed by atoms with E-state index in [0.717, 1.165) is 18.5 Å². The summed E-state index contributed by atoms with van der Waals surface area (Å²) in [5.74, 6) is 0.768. The maximum atomic E-state index is 9.52. The van der Waals surface area contributed by atoms with Crippen LogP contribution < -0.4 is 5.32 Å². The molecule has 2 unspecified atom stereocenters. The molecule has 2 aromatic carbocycles. The van der Waals surface area contributed by atoms with Crippen LogP contribution in [0.25, 0.3) is 0 Å². The number of phenols is 2. The average molecular weight is 269 g/mol. The Labute approximate surface area is 118 Å². The van der Waals surface area contributed by atoms with E-state index < -0.39 is 0 Å². The van der Waals surface area contributed by atoms with Crippen LogP contribution in [0.3, 0.4) is 0 Å². The topological polar surface area (TPSA) is 52.5 Å². The van der Waals surface area contributed by atoms with Crippen LogP contribution in [0.2, 0.25) is 0 Å². The third kappa shape index (κ3) is 2.49. The fraction of sp³-hybridized carbons (Fsp3) is 0.294. The normalized spacial score (nSPS) is 18.1. The summed E-state index contributed by atoms with van der Waals surface area (Å²) in [6, 6.07) is 13.4. The summed E-state index contributed by atoms with van der Waals surface area (Å²) in [7, 11) is 0. The van der Waals surface area contributed by atoms with Crippen LogP contribution in [-0.2, 0) is 6.42 Å². The zero-order valence-corrected chi connectivity index (χ0v) is 11.5. The maximum absolute atomic E-state index is 9.52. The van der Waals surface area contributed by atoms with Crippen LogP contribution in [0.15, 0.2) is 42.5 Å². The lowest BCUT2D eigenvalue weighted by atomic mass is 9.77. The van der Waals surface area contributed by atoms with Gasteiger partial charge in [0.1, 0.15) is 11.5 Å². The Kier molecular flexibility index (Phi) is 3.36. The third-order valence-electron chi connectivity index (χ3n) is 4.06. The molecule has 3 heteroatoms. The predicted molar refractivity (Wildman–Crippen MR) is 79.1 cm³/mol. The summed E-state index contributed by atoms with van der Waals surface area (Å²) in [6.45, 7) is 2.95. The monoisotopic (exact) mass is 269 g/mol. The molecule has 20 heavy (non-hydrogen) atoms. The van der Waals surface area contributed by atoms with Gasteiger partial charge in [0.15, 0.2) is 0 Å². The molecule has 0 fully saturated rings. The first kappa shape index (κ1) is 13.0. The van der Waals surface area contributed by atoms with Gasteiger partial charge in [-0.3, -0.25) is 0 Å². The van der Waals surface area contributed by atoms with E-state index in [0.29, 0.717) is 5.92 Å². The van der Waals surface area contributed by atoms with Gasteiger partial charge in [0.2, 0.25) is 0 Å². The minimum Gasteiger partial charge on any atom is -0.508 e. The Morgan fingerprint density at radius 2 is 1.85 bits per heavy atom. The minimum absolute atomic E-state index is 0.0979. The highest BCUT2D eigenvalue weighted by Crippen LogP contribution is 2.34. The van der Waals surface area contributed by atoms with Gasteiger partial charge >= 0.3 is 0 Å². The molecule has 3 N–H and O–H groups in total. The second-order valence-corrected chi connectivity index (χ2v) is 5.51. The zero-order valence-electron chi connectivity index (χ0n) is 11.5. The first-order valence-electron chi connectivity index (χ1n) is 6.97. The Morgan fingerprint density at radius 1 is 1.15 bits per heavy atom. The van der Waals surface area contributed by atoms with E-state index in [1.807, 2.05) is 6.92 Å². The molecule has 0 heterocycles. The van der Waals surface area contributed by atoms with Crippen molar-refractivity contribution >= 4 is 0 Å². The summed E-state index contributed by atoms with van der Waals surface area (Å²) in [5.41, 5.74) is 3.78. The lowest BCUT2D eigenvalue weighted by Gasteiger charge is -2.31. The number of hydrogen-bond donors (Lipinski definition) is 3. The lowest BCUT2D eigenvalue weighted by molar-refractivity contribution is 0.443. The second-order valence-electron chi connectivity index (χ2n) is 5.51. The number of nitrogens with one attached hydrogen (secondary N) is 1. The molecule has 0 amide bonds. The molecule has 0 spiro atoms. The lowest BCUT2D eigenvalue weighted by Crippen LogP contribution is -2.30. The van der Waals surface area contributed by atoms with Crippen molar-refractivity contribution in [1.29, 1.82) is 0 Å². The molecule has 1 aliphatic carbocycles. The molecule has 2 aromatic rings. The molecule has 104 valence electrons. The Bertz CT molecular complexity index is 604. The molecule has 0 saturated heterocycles. The van der Waals surface area contributed by atoms with E-state index in [-0.39, 0.29) is 17.5 Å².